The molecule has 104 valence electrons. The maximum absolute atomic E-state index is 13.5. The van der Waals surface area contributed by atoms with Crippen LogP contribution < -0.4 is 5.32 Å². The number of nitrogens with zero attached hydrogens (tertiary/aromatic N) is 1. The first-order valence-electron chi connectivity index (χ1n) is 6.56. The Balaban J connectivity index is 1.92. The Morgan fingerprint density at radius 3 is 3.00 bits per heavy atom. The van der Waals surface area contributed by atoms with Gasteiger partial charge < -0.3 is 10.2 Å². The molecule has 1 atom stereocenters. The van der Waals surface area contributed by atoms with Crippen LogP contribution in [0.15, 0.2) is 18.2 Å². The first kappa shape index (κ1) is 14.1. The van der Waals surface area contributed by atoms with Crippen LogP contribution in [0.2, 0.25) is 5.02 Å². The van der Waals surface area contributed by atoms with E-state index < -0.39 is 5.82 Å². The van der Waals surface area contributed by atoms with Crippen LogP contribution in [0.5, 0.6) is 0 Å². The molecule has 1 saturated heterocycles. The number of carbonyl (C=O) groups is 1. The standard InChI is InChI=1S/C14H18ClFN2O/c1-10-4-2-3-7-18(10)14(19)9-17-13-6-5-11(15)8-12(13)16/h5-6,8,10,17H,2-4,7,9H2,1H3. The van der Waals surface area contributed by atoms with E-state index in [1.807, 2.05) is 4.90 Å². The summed E-state index contributed by atoms with van der Waals surface area (Å²) in [5, 5.41) is 3.18. The van der Waals surface area contributed by atoms with Gasteiger partial charge in [0.1, 0.15) is 5.82 Å². The topological polar surface area (TPSA) is 32.3 Å². The molecule has 1 amide bonds. The summed E-state index contributed by atoms with van der Waals surface area (Å²) in [6, 6.07) is 4.65. The van der Waals surface area contributed by atoms with Crippen LogP contribution in [0, 0.1) is 5.82 Å². The molecule has 0 aromatic heterocycles. The summed E-state index contributed by atoms with van der Waals surface area (Å²) in [5.74, 6) is -0.423. The van der Waals surface area contributed by atoms with Gasteiger partial charge in [-0.15, -0.1) is 0 Å². The number of anilines is 1. The molecule has 0 saturated carbocycles. The van der Waals surface area contributed by atoms with E-state index in [0.29, 0.717) is 10.7 Å². The Morgan fingerprint density at radius 1 is 1.53 bits per heavy atom. The molecule has 1 aliphatic heterocycles. The highest BCUT2D eigenvalue weighted by atomic mass is 35.5. The fourth-order valence-corrected chi connectivity index (χ4v) is 2.53. The largest absolute Gasteiger partial charge is 0.374 e. The van der Waals surface area contributed by atoms with Crippen LogP contribution in [0.3, 0.4) is 0 Å². The normalized spacial score (nSPS) is 19.3. The summed E-state index contributed by atoms with van der Waals surface area (Å²) in [6.45, 7) is 2.97. The van der Waals surface area contributed by atoms with Crippen molar-refractivity contribution < 1.29 is 9.18 Å². The van der Waals surface area contributed by atoms with Crippen molar-refractivity contribution in [3.63, 3.8) is 0 Å². The molecule has 3 nitrogen and oxygen atoms in total. The van der Waals surface area contributed by atoms with Gasteiger partial charge in [0.05, 0.1) is 12.2 Å². The van der Waals surface area contributed by atoms with Gasteiger partial charge >= 0.3 is 0 Å². The van der Waals surface area contributed by atoms with Crippen LogP contribution in [0.1, 0.15) is 26.2 Å². The summed E-state index contributed by atoms with van der Waals surface area (Å²) >= 11 is 5.68. The van der Waals surface area contributed by atoms with Crippen molar-refractivity contribution >= 4 is 23.2 Å². The molecule has 0 bridgehead atoms. The Morgan fingerprint density at radius 2 is 2.32 bits per heavy atom. The Hall–Kier alpha value is -1.29. The molecule has 1 aliphatic rings. The molecule has 1 aromatic carbocycles. The smallest absolute Gasteiger partial charge is 0.242 e. The monoisotopic (exact) mass is 284 g/mol. The van der Waals surface area contributed by atoms with Gasteiger partial charge in [-0.05, 0) is 44.4 Å². The van der Waals surface area contributed by atoms with E-state index in [4.69, 9.17) is 11.6 Å². The first-order valence-corrected chi connectivity index (χ1v) is 6.94. The third-order valence-electron chi connectivity index (χ3n) is 3.48. The number of hydrogen-bond donors (Lipinski definition) is 1. The average Bonchev–Trinajstić information content (AvgIpc) is 2.38. The number of halogens is 2. The fourth-order valence-electron chi connectivity index (χ4n) is 2.37. The summed E-state index contributed by atoms with van der Waals surface area (Å²) in [5.41, 5.74) is 0.308. The molecule has 0 radical (unpaired) electrons. The minimum Gasteiger partial charge on any atom is -0.374 e. The van der Waals surface area contributed by atoms with Crippen molar-refractivity contribution in [3.05, 3.63) is 29.0 Å². The molecule has 0 aliphatic carbocycles. The second kappa shape index (κ2) is 6.24. The van der Waals surface area contributed by atoms with Gasteiger partial charge in [-0.25, -0.2) is 4.39 Å². The van der Waals surface area contributed by atoms with Gasteiger partial charge in [-0.1, -0.05) is 11.6 Å². The quantitative estimate of drug-likeness (QED) is 0.924. The highest BCUT2D eigenvalue weighted by molar-refractivity contribution is 6.30. The van der Waals surface area contributed by atoms with E-state index >= 15 is 0 Å². The van der Waals surface area contributed by atoms with E-state index in [-0.39, 0.29) is 18.5 Å². The minimum absolute atomic E-state index is 0.0153. The Labute approximate surface area is 117 Å². The van der Waals surface area contributed by atoms with Gasteiger partial charge in [0.25, 0.3) is 0 Å². The number of hydrogen-bond acceptors (Lipinski definition) is 2. The number of benzene rings is 1. The summed E-state index contributed by atoms with van der Waals surface area (Å²) < 4.78 is 13.5. The van der Waals surface area contributed by atoms with Gasteiger partial charge in [-0.3, -0.25) is 4.79 Å². The van der Waals surface area contributed by atoms with Crippen LogP contribution in [0.4, 0.5) is 10.1 Å². The molecule has 5 heteroatoms. The Bertz CT molecular complexity index is 467. The molecule has 2 rings (SSSR count). The molecule has 1 aromatic rings. The van der Waals surface area contributed by atoms with Gasteiger partial charge in [-0.2, -0.15) is 0 Å². The maximum atomic E-state index is 13.5. The third-order valence-corrected chi connectivity index (χ3v) is 3.72. The summed E-state index contributed by atoms with van der Waals surface area (Å²) in [6.07, 6.45) is 3.26. The maximum Gasteiger partial charge on any atom is 0.242 e. The highest BCUT2D eigenvalue weighted by Crippen LogP contribution is 2.20. The summed E-state index contributed by atoms with van der Waals surface area (Å²) in [7, 11) is 0. The van der Waals surface area contributed by atoms with Crippen LogP contribution in [-0.2, 0) is 4.79 Å². The zero-order chi connectivity index (χ0) is 13.8. The second-order valence-electron chi connectivity index (χ2n) is 4.91. The number of carbonyl (C=O) groups excluding carboxylic acids is 1. The van der Waals surface area contributed by atoms with E-state index in [1.165, 1.54) is 12.5 Å². The van der Waals surface area contributed by atoms with E-state index in [9.17, 15) is 9.18 Å². The van der Waals surface area contributed by atoms with Gasteiger partial charge in [0.15, 0.2) is 0 Å². The number of rotatable bonds is 3. The third kappa shape index (κ3) is 3.60. The molecule has 19 heavy (non-hydrogen) atoms. The van der Waals surface area contributed by atoms with Crippen molar-refractivity contribution in [1.82, 2.24) is 4.90 Å². The van der Waals surface area contributed by atoms with Crippen LogP contribution in [-0.4, -0.2) is 29.9 Å². The lowest BCUT2D eigenvalue weighted by molar-refractivity contribution is -0.132. The first-order chi connectivity index (χ1) is 9.08. The van der Waals surface area contributed by atoms with Crippen LogP contribution >= 0.6 is 11.6 Å². The van der Waals surface area contributed by atoms with E-state index in [2.05, 4.69) is 12.2 Å². The number of likely N-dealkylation sites (tertiary alicyclic amines) is 1. The lowest BCUT2D eigenvalue weighted by Crippen LogP contribution is -2.44. The zero-order valence-corrected chi connectivity index (χ0v) is 11.7. The second-order valence-corrected chi connectivity index (χ2v) is 5.35. The molecular formula is C14H18ClFN2O. The predicted molar refractivity (Wildman–Crippen MR) is 74.9 cm³/mol. The highest BCUT2D eigenvalue weighted by Gasteiger charge is 2.22. The lowest BCUT2D eigenvalue weighted by Gasteiger charge is -2.33. The number of piperidine rings is 1. The van der Waals surface area contributed by atoms with Gasteiger partial charge in [0, 0.05) is 17.6 Å². The van der Waals surface area contributed by atoms with E-state index in [0.717, 1.165) is 19.4 Å². The molecule has 0 spiro atoms. The molecule has 1 unspecified atom stereocenters. The van der Waals surface area contributed by atoms with E-state index in [1.54, 1.807) is 12.1 Å². The Kier molecular flexibility index (Phi) is 4.64. The number of nitrogens with one attached hydrogen (secondary N) is 1. The predicted octanol–water partition coefficient (Wildman–Crippen LogP) is 3.29. The van der Waals surface area contributed by atoms with Crippen molar-refractivity contribution in [2.24, 2.45) is 0 Å². The van der Waals surface area contributed by atoms with Gasteiger partial charge in [0.2, 0.25) is 5.91 Å². The SMILES string of the molecule is CC1CCCCN1C(=O)CNc1ccc(Cl)cc1F. The van der Waals surface area contributed by atoms with Crippen molar-refractivity contribution in [2.45, 2.75) is 32.2 Å². The summed E-state index contributed by atoms with van der Waals surface area (Å²) in [4.78, 5) is 13.9. The molecule has 1 heterocycles. The zero-order valence-electron chi connectivity index (χ0n) is 11.0. The minimum atomic E-state index is -0.438. The van der Waals surface area contributed by atoms with Crippen molar-refractivity contribution in [3.8, 4) is 0 Å². The van der Waals surface area contributed by atoms with Crippen molar-refractivity contribution in [1.29, 1.82) is 0 Å². The van der Waals surface area contributed by atoms with Crippen LogP contribution in [0.25, 0.3) is 0 Å². The molecule has 1 N–H and O–H groups in total. The molecule has 1 fully saturated rings. The fraction of sp³-hybridized carbons (Fsp3) is 0.500. The molecular weight excluding hydrogens is 267 g/mol. The van der Waals surface area contributed by atoms with Crippen molar-refractivity contribution in [2.75, 3.05) is 18.4 Å². The lowest BCUT2D eigenvalue weighted by atomic mass is 10.0. The number of amides is 1. The average molecular weight is 285 g/mol.